The van der Waals surface area contributed by atoms with Gasteiger partial charge < -0.3 is 9.72 Å². The van der Waals surface area contributed by atoms with Crippen LogP contribution in [-0.2, 0) is 11.3 Å². The van der Waals surface area contributed by atoms with Crippen molar-refractivity contribution in [2.45, 2.75) is 6.61 Å². The van der Waals surface area contributed by atoms with Gasteiger partial charge in [0.1, 0.15) is 22.9 Å². The van der Waals surface area contributed by atoms with E-state index in [2.05, 4.69) is 9.97 Å². The summed E-state index contributed by atoms with van der Waals surface area (Å²) in [7, 11) is 0. The summed E-state index contributed by atoms with van der Waals surface area (Å²) in [4.78, 5) is 30.2. The first-order valence-corrected chi connectivity index (χ1v) is 6.91. The molecule has 0 aliphatic rings. The Hall–Kier alpha value is -2.54. The molecule has 1 aromatic carbocycles. The first-order valence-electron chi connectivity index (χ1n) is 6.03. The van der Waals surface area contributed by atoms with Crippen LogP contribution >= 0.6 is 11.3 Å². The SMILES string of the molecule is O=C(OCc1nc2ccsc2c(=O)[nH]1)c1ccccc1F. The van der Waals surface area contributed by atoms with Gasteiger partial charge in [-0.3, -0.25) is 4.79 Å². The van der Waals surface area contributed by atoms with E-state index in [1.165, 1.54) is 35.6 Å². The van der Waals surface area contributed by atoms with Crippen molar-refractivity contribution in [3.8, 4) is 0 Å². The summed E-state index contributed by atoms with van der Waals surface area (Å²) in [6.45, 7) is -0.228. The van der Waals surface area contributed by atoms with Crippen LogP contribution in [0.3, 0.4) is 0 Å². The van der Waals surface area contributed by atoms with Crippen molar-refractivity contribution in [3.63, 3.8) is 0 Å². The fraction of sp³-hybridized carbons (Fsp3) is 0.0714. The molecule has 2 heterocycles. The maximum absolute atomic E-state index is 13.4. The van der Waals surface area contributed by atoms with Gasteiger partial charge in [0.2, 0.25) is 0 Å². The molecule has 0 bridgehead atoms. The van der Waals surface area contributed by atoms with Crippen LogP contribution in [-0.4, -0.2) is 15.9 Å². The number of esters is 1. The number of thiophene rings is 1. The lowest BCUT2D eigenvalue weighted by Crippen LogP contribution is -2.14. The van der Waals surface area contributed by atoms with Gasteiger partial charge in [-0.25, -0.2) is 14.2 Å². The van der Waals surface area contributed by atoms with E-state index in [1.807, 2.05) is 0 Å². The highest BCUT2D eigenvalue weighted by Gasteiger charge is 2.13. The largest absolute Gasteiger partial charge is 0.454 e. The van der Waals surface area contributed by atoms with Crippen molar-refractivity contribution in [2.75, 3.05) is 0 Å². The lowest BCUT2D eigenvalue weighted by Gasteiger charge is -2.05. The van der Waals surface area contributed by atoms with Crippen LogP contribution < -0.4 is 5.56 Å². The molecule has 5 nitrogen and oxygen atoms in total. The standard InChI is InChI=1S/C14H9FN2O3S/c15-9-4-2-1-3-8(9)14(19)20-7-11-16-10-5-6-21-12(10)13(18)17-11/h1-6H,7H2,(H,16,17,18). The van der Waals surface area contributed by atoms with Crippen molar-refractivity contribution >= 4 is 27.5 Å². The number of hydrogen-bond acceptors (Lipinski definition) is 5. The molecule has 0 aliphatic heterocycles. The first kappa shape index (κ1) is 13.4. The molecular weight excluding hydrogens is 295 g/mol. The minimum absolute atomic E-state index is 0.156. The van der Waals surface area contributed by atoms with Gasteiger partial charge in [0.05, 0.1) is 11.1 Å². The zero-order valence-electron chi connectivity index (χ0n) is 10.6. The molecular formula is C14H9FN2O3S. The molecule has 0 fully saturated rings. The highest BCUT2D eigenvalue weighted by atomic mass is 32.1. The second-order valence-corrected chi connectivity index (χ2v) is 5.12. The number of aromatic nitrogens is 2. The third kappa shape index (κ3) is 2.68. The van der Waals surface area contributed by atoms with Crippen LogP contribution in [0.15, 0.2) is 40.5 Å². The number of benzene rings is 1. The van der Waals surface area contributed by atoms with E-state index < -0.39 is 11.8 Å². The van der Waals surface area contributed by atoms with Gasteiger partial charge in [-0.05, 0) is 23.6 Å². The summed E-state index contributed by atoms with van der Waals surface area (Å²) < 4.78 is 18.9. The maximum Gasteiger partial charge on any atom is 0.341 e. The highest BCUT2D eigenvalue weighted by molar-refractivity contribution is 7.17. The molecule has 0 atom stereocenters. The number of nitrogens with one attached hydrogen (secondary N) is 1. The predicted molar refractivity (Wildman–Crippen MR) is 75.8 cm³/mol. The van der Waals surface area contributed by atoms with Gasteiger partial charge in [0, 0.05) is 0 Å². The number of rotatable bonds is 3. The zero-order chi connectivity index (χ0) is 14.8. The quantitative estimate of drug-likeness (QED) is 0.755. The Bertz CT molecular complexity index is 872. The fourth-order valence-electron chi connectivity index (χ4n) is 1.83. The van der Waals surface area contributed by atoms with Crippen molar-refractivity contribution in [3.05, 3.63) is 63.3 Å². The number of fused-ring (bicyclic) bond motifs is 1. The molecule has 0 amide bonds. The van der Waals surface area contributed by atoms with Gasteiger partial charge in [0.15, 0.2) is 0 Å². The molecule has 7 heteroatoms. The topological polar surface area (TPSA) is 72.0 Å². The summed E-state index contributed by atoms with van der Waals surface area (Å²) in [5, 5.41) is 1.75. The van der Waals surface area contributed by atoms with E-state index in [9.17, 15) is 14.0 Å². The summed E-state index contributed by atoms with van der Waals surface area (Å²) in [6, 6.07) is 7.23. The monoisotopic (exact) mass is 304 g/mol. The lowest BCUT2D eigenvalue weighted by molar-refractivity contribution is 0.0457. The van der Waals surface area contributed by atoms with Gasteiger partial charge in [-0.1, -0.05) is 12.1 Å². The number of hydrogen-bond donors (Lipinski definition) is 1. The minimum Gasteiger partial charge on any atom is -0.454 e. The molecule has 106 valence electrons. The van der Waals surface area contributed by atoms with Crippen molar-refractivity contribution < 1.29 is 13.9 Å². The van der Waals surface area contributed by atoms with Crippen molar-refractivity contribution in [1.82, 2.24) is 9.97 Å². The van der Waals surface area contributed by atoms with Gasteiger partial charge in [0.25, 0.3) is 5.56 Å². The number of carbonyl (C=O) groups is 1. The van der Waals surface area contributed by atoms with Crippen LogP contribution in [0.1, 0.15) is 16.2 Å². The average molecular weight is 304 g/mol. The zero-order valence-corrected chi connectivity index (χ0v) is 11.4. The number of carbonyl (C=O) groups excluding carboxylic acids is 1. The van der Waals surface area contributed by atoms with E-state index in [0.29, 0.717) is 10.2 Å². The fourth-order valence-corrected chi connectivity index (χ4v) is 2.55. The molecule has 1 N–H and O–H groups in total. The third-order valence-corrected chi connectivity index (χ3v) is 3.70. The second kappa shape index (κ2) is 5.45. The number of aromatic amines is 1. The van der Waals surface area contributed by atoms with Crippen LogP contribution in [0, 0.1) is 5.82 Å². The Balaban J connectivity index is 1.79. The molecule has 0 radical (unpaired) electrons. The minimum atomic E-state index is -0.804. The number of ether oxygens (including phenoxy) is 1. The van der Waals surface area contributed by atoms with Crippen molar-refractivity contribution in [1.29, 1.82) is 0 Å². The highest BCUT2D eigenvalue weighted by Crippen LogP contribution is 2.14. The Morgan fingerprint density at radius 2 is 2.14 bits per heavy atom. The molecule has 21 heavy (non-hydrogen) atoms. The molecule has 2 aromatic heterocycles. The Morgan fingerprint density at radius 1 is 1.33 bits per heavy atom. The Kier molecular flexibility index (Phi) is 3.49. The summed E-state index contributed by atoms with van der Waals surface area (Å²) in [5.41, 5.74) is 0.101. The lowest BCUT2D eigenvalue weighted by atomic mass is 10.2. The average Bonchev–Trinajstić information content (AvgIpc) is 2.94. The number of halogens is 1. The van der Waals surface area contributed by atoms with E-state index in [-0.39, 0.29) is 23.6 Å². The van der Waals surface area contributed by atoms with Crippen LogP contribution in [0.25, 0.3) is 10.2 Å². The summed E-state index contributed by atoms with van der Waals surface area (Å²) in [6.07, 6.45) is 0. The van der Waals surface area contributed by atoms with Gasteiger partial charge in [-0.2, -0.15) is 0 Å². The molecule has 0 saturated carbocycles. The number of nitrogens with zero attached hydrogens (tertiary/aromatic N) is 1. The second-order valence-electron chi connectivity index (χ2n) is 4.20. The third-order valence-electron chi connectivity index (χ3n) is 2.80. The molecule has 0 spiro atoms. The van der Waals surface area contributed by atoms with Gasteiger partial charge in [-0.15, -0.1) is 11.3 Å². The molecule has 3 aromatic rings. The molecule has 0 saturated heterocycles. The summed E-state index contributed by atoms with van der Waals surface area (Å²) in [5.74, 6) is -1.24. The van der Waals surface area contributed by atoms with Crippen LogP contribution in [0.5, 0.6) is 0 Å². The number of H-pyrrole nitrogens is 1. The Labute approximate surface area is 122 Å². The summed E-state index contributed by atoms with van der Waals surface area (Å²) >= 11 is 1.28. The smallest absolute Gasteiger partial charge is 0.341 e. The molecule has 3 rings (SSSR count). The predicted octanol–water partition coefficient (Wildman–Crippen LogP) is 2.48. The normalized spacial score (nSPS) is 10.7. The van der Waals surface area contributed by atoms with E-state index in [1.54, 1.807) is 11.4 Å². The van der Waals surface area contributed by atoms with E-state index in [0.717, 1.165) is 0 Å². The molecule has 0 unspecified atom stereocenters. The first-order chi connectivity index (χ1) is 10.1. The Morgan fingerprint density at radius 3 is 2.95 bits per heavy atom. The molecule has 0 aliphatic carbocycles. The maximum atomic E-state index is 13.4. The van der Waals surface area contributed by atoms with Gasteiger partial charge >= 0.3 is 5.97 Å². The van der Waals surface area contributed by atoms with Crippen molar-refractivity contribution in [2.24, 2.45) is 0 Å². The van der Waals surface area contributed by atoms with E-state index in [4.69, 9.17) is 4.74 Å². The van der Waals surface area contributed by atoms with Crippen LogP contribution in [0.2, 0.25) is 0 Å². The van der Waals surface area contributed by atoms with Crippen LogP contribution in [0.4, 0.5) is 4.39 Å². The van der Waals surface area contributed by atoms with E-state index >= 15 is 0 Å².